The van der Waals surface area contributed by atoms with Crippen molar-refractivity contribution in [3.8, 4) is 0 Å². The largest absolute Gasteiger partial charge is 0.444 e. The van der Waals surface area contributed by atoms with E-state index in [1.807, 2.05) is 39.0 Å². The van der Waals surface area contributed by atoms with Crippen LogP contribution in [0, 0.1) is 0 Å². The zero-order chi connectivity index (χ0) is 33.2. The van der Waals surface area contributed by atoms with Crippen molar-refractivity contribution in [2.45, 2.75) is 39.5 Å². The first-order valence-electron chi connectivity index (χ1n) is 17.0. The van der Waals surface area contributed by atoms with E-state index in [0.717, 1.165) is 121 Å². The molecule has 4 heterocycles. The van der Waals surface area contributed by atoms with E-state index in [9.17, 15) is 4.79 Å². The second-order valence-electron chi connectivity index (χ2n) is 13.5. The summed E-state index contributed by atoms with van der Waals surface area (Å²) in [5.74, 6) is 0. The van der Waals surface area contributed by atoms with Crippen LogP contribution in [0.25, 0.3) is 0 Å². The molecule has 6 rings (SSSR count). The van der Waals surface area contributed by atoms with Crippen LogP contribution in [0.4, 0.5) is 16.2 Å². The van der Waals surface area contributed by atoms with Gasteiger partial charge in [0.1, 0.15) is 5.60 Å². The number of morpholine rings is 2. The quantitative estimate of drug-likeness (QED) is 0.460. The van der Waals surface area contributed by atoms with Gasteiger partial charge in [0.25, 0.3) is 0 Å². The topological polar surface area (TPSA) is 73.0 Å². The van der Waals surface area contributed by atoms with Crippen molar-refractivity contribution in [2.24, 2.45) is 0 Å². The van der Waals surface area contributed by atoms with Crippen molar-refractivity contribution in [3.05, 3.63) is 57.6 Å². The number of rotatable bonds is 6. The summed E-state index contributed by atoms with van der Waals surface area (Å²) in [5.41, 5.74) is 4.44. The molecule has 0 saturated carbocycles. The number of ether oxygens (including phenoxy) is 3. The highest BCUT2D eigenvalue weighted by Crippen LogP contribution is 2.33. The molecule has 4 saturated heterocycles. The molecule has 4 aliphatic rings. The van der Waals surface area contributed by atoms with E-state index < -0.39 is 5.60 Å². The molecule has 0 atom stereocenters. The van der Waals surface area contributed by atoms with Crippen molar-refractivity contribution in [1.29, 1.82) is 0 Å². The molecule has 0 aliphatic carbocycles. The lowest BCUT2D eigenvalue weighted by Crippen LogP contribution is -2.49. The van der Waals surface area contributed by atoms with E-state index in [0.29, 0.717) is 13.1 Å². The third kappa shape index (κ3) is 10.6. The zero-order valence-electron chi connectivity index (χ0n) is 28.3. The number of benzene rings is 2. The monoisotopic (exact) mass is 690 g/mol. The lowest BCUT2D eigenvalue weighted by Gasteiger charge is -2.37. The van der Waals surface area contributed by atoms with Gasteiger partial charge in [0.05, 0.1) is 47.8 Å². The standard InChI is InChI=1S/C20H30ClN3O3.C15H22ClN3O/c1-20(2,3)27-19(25)24-9-7-22(8-10-24)15-16-5-4-6-17(21)18(16)23-11-13-26-14-12-23;16-14-3-1-2-13(12-18-6-4-17-5-7-18)15(14)19-8-10-20-11-9-19/h4-6H,7-15H2,1-3H3;1-3,17H,4-12H2. The molecular formula is C35H52Cl2N6O4. The number of piperazine rings is 2. The number of amides is 1. The zero-order valence-corrected chi connectivity index (χ0v) is 29.8. The Morgan fingerprint density at radius 1 is 0.702 bits per heavy atom. The van der Waals surface area contributed by atoms with Crippen LogP contribution >= 0.6 is 23.2 Å². The summed E-state index contributed by atoms with van der Waals surface area (Å²) in [5, 5.41) is 5.05. The van der Waals surface area contributed by atoms with Crippen molar-refractivity contribution in [3.63, 3.8) is 0 Å². The van der Waals surface area contributed by atoms with Gasteiger partial charge in [-0.05, 0) is 44.0 Å². The molecule has 0 aromatic heterocycles. The van der Waals surface area contributed by atoms with Gasteiger partial charge in [0, 0.05) is 91.6 Å². The number of halogens is 2. The third-order valence-electron chi connectivity index (χ3n) is 8.82. The van der Waals surface area contributed by atoms with Crippen LogP contribution in [0.5, 0.6) is 0 Å². The fourth-order valence-electron chi connectivity index (χ4n) is 6.42. The number of hydrogen-bond acceptors (Lipinski definition) is 9. The lowest BCUT2D eigenvalue weighted by molar-refractivity contribution is 0.0139. The van der Waals surface area contributed by atoms with E-state index >= 15 is 0 Å². The van der Waals surface area contributed by atoms with E-state index in [1.165, 1.54) is 16.8 Å². The van der Waals surface area contributed by atoms with Crippen LogP contribution in [0.15, 0.2) is 36.4 Å². The van der Waals surface area contributed by atoms with Gasteiger partial charge in [-0.2, -0.15) is 0 Å². The maximum atomic E-state index is 12.2. The molecule has 47 heavy (non-hydrogen) atoms. The number of nitrogens with zero attached hydrogens (tertiary/aromatic N) is 5. The molecule has 1 amide bonds. The number of anilines is 2. The number of carbonyl (C=O) groups is 1. The summed E-state index contributed by atoms with van der Waals surface area (Å²) in [7, 11) is 0. The van der Waals surface area contributed by atoms with Gasteiger partial charge in [0.2, 0.25) is 0 Å². The molecule has 10 nitrogen and oxygen atoms in total. The van der Waals surface area contributed by atoms with E-state index in [4.69, 9.17) is 37.4 Å². The molecule has 0 radical (unpaired) electrons. The van der Waals surface area contributed by atoms with Gasteiger partial charge in [0.15, 0.2) is 0 Å². The minimum atomic E-state index is -0.456. The minimum Gasteiger partial charge on any atom is -0.444 e. The highest BCUT2D eigenvalue weighted by molar-refractivity contribution is 6.33. The van der Waals surface area contributed by atoms with Crippen LogP contribution in [-0.4, -0.2) is 131 Å². The van der Waals surface area contributed by atoms with Crippen molar-refractivity contribution >= 4 is 40.7 Å². The SMILES string of the molecule is CC(C)(C)OC(=O)N1CCN(Cc2cccc(Cl)c2N2CCOCC2)CC1.Clc1cccc(CN2CCNCC2)c1N1CCOCC1. The smallest absolute Gasteiger partial charge is 0.410 e. The molecule has 0 spiro atoms. The van der Waals surface area contributed by atoms with Crippen LogP contribution in [0.3, 0.4) is 0 Å². The Labute approximate surface area is 290 Å². The van der Waals surface area contributed by atoms with Crippen LogP contribution < -0.4 is 15.1 Å². The summed E-state index contributed by atoms with van der Waals surface area (Å²) in [6.45, 7) is 21.5. The maximum absolute atomic E-state index is 12.2. The Morgan fingerprint density at radius 2 is 1.15 bits per heavy atom. The Hall–Kier alpha value is -2.31. The van der Waals surface area contributed by atoms with Gasteiger partial charge < -0.3 is 34.2 Å². The van der Waals surface area contributed by atoms with Crippen molar-refractivity contribution in [1.82, 2.24) is 20.0 Å². The molecular weight excluding hydrogens is 639 g/mol. The second-order valence-corrected chi connectivity index (χ2v) is 14.3. The number of hydrogen-bond donors (Lipinski definition) is 1. The summed E-state index contributed by atoms with van der Waals surface area (Å²) in [6, 6.07) is 12.4. The average Bonchev–Trinajstić information content (AvgIpc) is 3.06. The Kier molecular flexibility index (Phi) is 13.3. The maximum Gasteiger partial charge on any atom is 0.410 e. The second kappa shape index (κ2) is 17.4. The Morgan fingerprint density at radius 3 is 1.60 bits per heavy atom. The average molecular weight is 692 g/mol. The van der Waals surface area contributed by atoms with Gasteiger partial charge in [-0.25, -0.2) is 4.79 Å². The Balaban J connectivity index is 0.000000193. The molecule has 0 unspecified atom stereocenters. The van der Waals surface area contributed by atoms with Crippen LogP contribution in [-0.2, 0) is 27.3 Å². The number of para-hydroxylation sites is 2. The molecule has 4 aliphatic heterocycles. The Bertz CT molecular complexity index is 1290. The molecule has 12 heteroatoms. The minimum absolute atomic E-state index is 0.223. The van der Waals surface area contributed by atoms with Crippen LogP contribution in [0.1, 0.15) is 31.9 Å². The van der Waals surface area contributed by atoms with Crippen LogP contribution in [0.2, 0.25) is 10.0 Å². The normalized spacial score (nSPS) is 20.1. The van der Waals surface area contributed by atoms with E-state index in [1.54, 1.807) is 4.90 Å². The van der Waals surface area contributed by atoms with Gasteiger partial charge in [-0.1, -0.05) is 47.5 Å². The lowest BCUT2D eigenvalue weighted by atomic mass is 10.1. The third-order valence-corrected chi connectivity index (χ3v) is 9.43. The first kappa shape index (κ1) is 36.0. The van der Waals surface area contributed by atoms with Crippen molar-refractivity contribution in [2.75, 3.05) is 115 Å². The number of carbonyl (C=O) groups excluding carboxylic acids is 1. The molecule has 1 N–H and O–H groups in total. The summed E-state index contributed by atoms with van der Waals surface area (Å²) >= 11 is 13.0. The highest BCUT2D eigenvalue weighted by Gasteiger charge is 2.27. The fraction of sp³-hybridized carbons (Fsp3) is 0.629. The first-order chi connectivity index (χ1) is 22.7. The molecule has 2 aromatic carbocycles. The van der Waals surface area contributed by atoms with E-state index in [-0.39, 0.29) is 6.09 Å². The highest BCUT2D eigenvalue weighted by atomic mass is 35.5. The summed E-state index contributed by atoms with van der Waals surface area (Å²) < 4.78 is 16.4. The van der Waals surface area contributed by atoms with Gasteiger partial charge in [-0.15, -0.1) is 0 Å². The van der Waals surface area contributed by atoms with Crippen molar-refractivity contribution < 1.29 is 19.0 Å². The summed E-state index contributed by atoms with van der Waals surface area (Å²) in [4.78, 5) is 23.6. The first-order valence-corrected chi connectivity index (χ1v) is 17.8. The molecule has 0 bridgehead atoms. The molecule has 260 valence electrons. The van der Waals surface area contributed by atoms with Gasteiger partial charge >= 0.3 is 6.09 Å². The number of nitrogens with one attached hydrogen (secondary N) is 1. The van der Waals surface area contributed by atoms with E-state index in [2.05, 4.69) is 43.1 Å². The predicted octanol–water partition coefficient (Wildman–Crippen LogP) is 4.81. The molecule has 2 aromatic rings. The van der Waals surface area contributed by atoms with Gasteiger partial charge in [-0.3, -0.25) is 9.80 Å². The summed E-state index contributed by atoms with van der Waals surface area (Å²) in [6.07, 6.45) is -0.223. The predicted molar refractivity (Wildman–Crippen MR) is 190 cm³/mol. The fourth-order valence-corrected chi connectivity index (χ4v) is 7.05. The molecule has 4 fully saturated rings.